The lowest BCUT2D eigenvalue weighted by Crippen LogP contribution is -2.32. The average Bonchev–Trinajstić information content (AvgIpc) is 3.67. The topological polar surface area (TPSA) is 135 Å². The highest BCUT2D eigenvalue weighted by atomic mass is 32.2. The SMILES string of the molecule is CCOC(=O)c1ccc(N2C(=O)[C@H]3[C@H](c4cccs4)c4sc(=O)n(CC(=O)Nc5ccc(O)cc5)c4S[C@H]3C2=O)cc1. The number of phenols is 1. The number of aromatic hydroxyl groups is 1. The number of nitrogens with one attached hydrogen (secondary N) is 1. The summed E-state index contributed by atoms with van der Waals surface area (Å²) in [7, 11) is 0. The Morgan fingerprint density at radius 2 is 1.74 bits per heavy atom. The molecular weight excluding hydrogens is 599 g/mol. The number of imide groups is 1. The van der Waals surface area contributed by atoms with Gasteiger partial charge in [0.2, 0.25) is 17.7 Å². The summed E-state index contributed by atoms with van der Waals surface area (Å²) < 4.78 is 6.38. The summed E-state index contributed by atoms with van der Waals surface area (Å²) in [4.78, 5) is 68.2. The second kappa shape index (κ2) is 11.2. The number of thiophene rings is 1. The Labute approximate surface area is 251 Å². The fourth-order valence-electron chi connectivity index (χ4n) is 5.13. The zero-order chi connectivity index (χ0) is 29.5. The molecule has 2 aliphatic rings. The molecule has 1 fully saturated rings. The number of amides is 3. The van der Waals surface area contributed by atoms with Gasteiger partial charge in [-0.3, -0.25) is 23.7 Å². The van der Waals surface area contributed by atoms with Crippen LogP contribution in [-0.2, 0) is 25.7 Å². The number of carbonyl (C=O) groups is 4. The zero-order valence-corrected chi connectivity index (χ0v) is 24.5. The molecule has 0 saturated carbocycles. The lowest BCUT2D eigenvalue weighted by atomic mass is 9.87. The molecule has 0 radical (unpaired) electrons. The van der Waals surface area contributed by atoms with E-state index >= 15 is 0 Å². The number of thioether (sulfide) groups is 1. The Balaban J connectivity index is 1.34. The molecule has 4 aromatic rings. The average molecular weight is 622 g/mol. The van der Waals surface area contributed by atoms with Crippen LogP contribution in [0.15, 0.2) is 75.9 Å². The van der Waals surface area contributed by atoms with Crippen molar-refractivity contribution in [3.05, 3.63) is 91.0 Å². The van der Waals surface area contributed by atoms with Crippen molar-refractivity contribution in [3.8, 4) is 5.75 Å². The van der Waals surface area contributed by atoms with Gasteiger partial charge in [0.15, 0.2) is 0 Å². The number of benzene rings is 2. The number of phenolic OH excluding ortho intramolecular Hbond substituents is 1. The van der Waals surface area contributed by atoms with E-state index < -0.39 is 34.9 Å². The molecule has 0 spiro atoms. The van der Waals surface area contributed by atoms with Crippen LogP contribution < -0.4 is 15.1 Å². The molecule has 4 heterocycles. The lowest BCUT2D eigenvalue weighted by Gasteiger charge is -2.29. The maximum Gasteiger partial charge on any atom is 0.338 e. The highest BCUT2D eigenvalue weighted by molar-refractivity contribution is 8.00. The van der Waals surface area contributed by atoms with E-state index in [9.17, 15) is 29.1 Å². The van der Waals surface area contributed by atoms with E-state index in [1.54, 1.807) is 31.2 Å². The third kappa shape index (κ3) is 4.93. The Morgan fingerprint density at radius 1 is 1.00 bits per heavy atom. The minimum absolute atomic E-state index is 0.0569. The quantitative estimate of drug-likeness (QED) is 0.177. The predicted molar refractivity (Wildman–Crippen MR) is 160 cm³/mol. The fraction of sp³-hybridized carbons (Fsp3) is 0.207. The normalized spacial score (nSPS) is 19.4. The van der Waals surface area contributed by atoms with Gasteiger partial charge in [0, 0.05) is 21.4 Å². The summed E-state index contributed by atoms with van der Waals surface area (Å²) in [6.45, 7) is 1.65. The summed E-state index contributed by atoms with van der Waals surface area (Å²) >= 11 is 3.55. The monoisotopic (exact) mass is 621 g/mol. The van der Waals surface area contributed by atoms with E-state index in [0.717, 1.165) is 32.9 Å². The second-order valence-electron chi connectivity index (χ2n) is 9.56. The van der Waals surface area contributed by atoms with Crippen molar-refractivity contribution >= 4 is 69.5 Å². The maximum atomic E-state index is 13.9. The largest absolute Gasteiger partial charge is 0.508 e. The molecule has 2 N–H and O–H groups in total. The van der Waals surface area contributed by atoms with Crippen molar-refractivity contribution in [2.24, 2.45) is 5.92 Å². The predicted octanol–water partition coefficient (Wildman–Crippen LogP) is 4.29. The number of fused-ring (bicyclic) bond motifs is 2. The molecule has 0 bridgehead atoms. The highest BCUT2D eigenvalue weighted by Gasteiger charge is 2.57. The Bertz CT molecular complexity index is 1740. The molecule has 3 atom stereocenters. The van der Waals surface area contributed by atoms with Gasteiger partial charge in [-0.15, -0.1) is 11.3 Å². The summed E-state index contributed by atoms with van der Waals surface area (Å²) in [5.41, 5.74) is 1.10. The first kappa shape index (κ1) is 27.9. The van der Waals surface area contributed by atoms with Gasteiger partial charge in [0.05, 0.1) is 28.8 Å². The number of esters is 1. The van der Waals surface area contributed by atoms with Crippen LogP contribution in [-0.4, -0.2) is 45.2 Å². The van der Waals surface area contributed by atoms with Gasteiger partial charge in [-0.25, -0.2) is 9.69 Å². The number of hydrogen-bond acceptors (Lipinski definition) is 10. The van der Waals surface area contributed by atoms with Gasteiger partial charge in [-0.1, -0.05) is 29.2 Å². The van der Waals surface area contributed by atoms with Gasteiger partial charge in [-0.05, 0) is 66.9 Å². The van der Waals surface area contributed by atoms with Crippen LogP contribution in [0.3, 0.4) is 0 Å². The summed E-state index contributed by atoms with van der Waals surface area (Å²) in [6, 6.07) is 15.8. The standard InChI is InChI=1S/C29H23N3O7S3/c1-2-39-28(37)15-5-9-17(10-6-15)32-25(35)22-21(19-4-3-13-40-19)24-27(41-23(22)26(32)36)31(29(38)42-24)14-20(34)30-16-7-11-18(33)12-8-16/h3-13,21-23,33H,2,14H2,1H3,(H,30,34)/t21-,22-,23+/m0/s1. The van der Waals surface area contributed by atoms with Crippen LogP contribution in [0, 0.1) is 5.92 Å². The van der Waals surface area contributed by atoms with Gasteiger partial charge in [-0.2, -0.15) is 0 Å². The molecule has 0 unspecified atom stereocenters. The lowest BCUT2D eigenvalue weighted by molar-refractivity contribution is -0.122. The number of hydrogen-bond donors (Lipinski definition) is 2. The Morgan fingerprint density at radius 3 is 2.40 bits per heavy atom. The van der Waals surface area contributed by atoms with Crippen LogP contribution >= 0.6 is 34.4 Å². The zero-order valence-electron chi connectivity index (χ0n) is 22.0. The summed E-state index contributed by atoms with van der Waals surface area (Å²) in [6.07, 6.45) is 0. The van der Waals surface area contributed by atoms with Gasteiger partial charge in [0.1, 0.15) is 17.5 Å². The Kier molecular flexibility index (Phi) is 7.47. The minimum Gasteiger partial charge on any atom is -0.508 e. The number of anilines is 2. The Hall–Kier alpha value is -4.20. The van der Waals surface area contributed by atoms with Crippen LogP contribution in [0.2, 0.25) is 0 Å². The van der Waals surface area contributed by atoms with E-state index in [1.807, 2.05) is 17.5 Å². The first-order valence-corrected chi connectivity index (χ1v) is 15.5. The number of thiazole rings is 1. The van der Waals surface area contributed by atoms with E-state index in [1.165, 1.54) is 40.2 Å². The minimum atomic E-state index is -0.817. The van der Waals surface area contributed by atoms with E-state index in [0.29, 0.717) is 26.8 Å². The van der Waals surface area contributed by atoms with Crippen molar-refractivity contribution in [2.75, 3.05) is 16.8 Å². The molecule has 2 aromatic heterocycles. The molecule has 0 aliphatic carbocycles. The molecule has 2 aromatic carbocycles. The smallest absolute Gasteiger partial charge is 0.338 e. The number of aromatic nitrogens is 1. The van der Waals surface area contributed by atoms with Crippen molar-refractivity contribution in [1.29, 1.82) is 0 Å². The van der Waals surface area contributed by atoms with Crippen LogP contribution in [0.4, 0.5) is 11.4 Å². The number of carbonyl (C=O) groups excluding carboxylic acids is 4. The molecule has 13 heteroatoms. The van der Waals surface area contributed by atoms with Crippen molar-refractivity contribution in [3.63, 3.8) is 0 Å². The third-order valence-corrected chi connectivity index (χ3v) is 10.5. The van der Waals surface area contributed by atoms with Crippen LogP contribution in [0.25, 0.3) is 0 Å². The summed E-state index contributed by atoms with van der Waals surface area (Å²) in [5.74, 6) is -2.99. The molecule has 42 heavy (non-hydrogen) atoms. The van der Waals surface area contributed by atoms with Gasteiger partial charge >= 0.3 is 10.8 Å². The molecular formula is C29H23N3O7S3. The molecule has 1 saturated heterocycles. The van der Waals surface area contributed by atoms with Crippen molar-refractivity contribution in [2.45, 2.75) is 29.7 Å². The number of nitrogens with zero attached hydrogens (tertiary/aromatic N) is 2. The van der Waals surface area contributed by atoms with Gasteiger partial charge in [0.25, 0.3) is 0 Å². The third-order valence-electron chi connectivity index (χ3n) is 6.99. The molecule has 2 aliphatic heterocycles. The first-order valence-electron chi connectivity index (χ1n) is 12.9. The van der Waals surface area contributed by atoms with Crippen LogP contribution in [0.1, 0.15) is 33.0 Å². The number of ether oxygens (including phenoxy) is 1. The number of rotatable bonds is 7. The van der Waals surface area contributed by atoms with E-state index in [4.69, 9.17) is 4.74 Å². The second-order valence-corrected chi connectivity index (χ2v) is 12.7. The maximum absolute atomic E-state index is 13.9. The van der Waals surface area contributed by atoms with E-state index in [-0.39, 0.29) is 29.7 Å². The van der Waals surface area contributed by atoms with Crippen molar-refractivity contribution in [1.82, 2.24) is 4.57 Å². The molecule has 3 amide bonds. The van der Waals surface area contributed by atoms with E-state index in [2.05, 4.69) is 5.32 Å². The fourth-order valence-corrected chi connectivity index (χ4v) is 8.86. The highest BCUT2D eigenvalue weighted by Crippen LogP contribution is 2.54. The van der Waals surface area contributed by atoms with Crippen LogP contribution in [0.5, 0.6) is 5.75 Å². The van der Waals surface area contributed by atoms with Crippen molar-refractivity contribution < 1.29 is 29.0 Å². The molecule has 214 valence electrons. The van der Waals surface area contributed by atoms with Gasteiger partial charge < -0.3 is 15.2 Å². The molecule has 6 rings (SSSR count). The summed E-state index contributed by atoms with van der Waals surface area (Å²) in [5, 5.41) is 13.8. The first-order chi connectivity index (χ1) is 20.3. The molecule has 10 nitrogen and oxygen atoms in total.